The molecule has 0 atom stereocenters. The molecule has 0 aliphatic heterocycles. The van der Waals surface area contributed by atoms with E-state index in [1.54, 1.807) is 17.0 Å². The van der Waals surface area contributed by atoms with Gasteiger partial charge in [0, 0.05) is 33.4 Å². The summed E-state index contributed by atoms with van der Waals surface area (Å²) in [5, 5.41) is 2.63. The Hall–Kier alpha value is -4.95. The van der Waals surface area contributed by atoms with Crippen LogP contribution in [-0.4, -0.2) is 141 Å². The van der Waals surface area contributed by atoms with E-state index in [1.807, 2.05) is 54.6 Å². The Labute approximate surface area is 396 Å². The van der Waals surface area contributed by atoms with Crippen LogP contribution >= 0.6 is 0 Å². The first-order valence-corrected chi connectivity index (χ1v) is 19.4. The lowest BCUT2D eigenvalue weighted by molar-refractivity contribution is 0.670. The molecule has 0 saturated carbocycles. The molecule has 0 saturated heterocycles. The zero-order valence-electron chi connectivity index (χ0n) is 34.1. The molecule has 0 N–H and O–H groups in total. The summed E-state index contributed by atoms with van der Waals surface area (Å²) in [6.07, 6.45) is 0. The van der Waals surface area contributed by atoms with Crippen molar-refractivity contribution >= 4 is 300 Å². The van der Waals surface area contributed by atoms with E-state index in [0.29, 0.717) is 11.3 Å². The number of fused-ring (bicyclic) bond motifs is 6. The SMILES string of the molecule is [B]c1c([B])c([B])c(N(c2ccc(-c3cccc4c3oc3ccccc34)cc2)c2c([B])c([B])c(-c3c([B])c4c([B])c([B])c([B])c([B])c4c4c([B])c([B])c([B])c([B])c34)c([B])c2[B])c([B])c1[B]. The highest BCUT2D eigenvalue weighted by molar-refractivity contribution is 6.75. The zero-order valence-corrected chi connectivity index (χ0v) is 34.1. The minimum absolute atomic E-state index is 0.00342. The van der Waals surface area contributed by atoms with E-state index in [1.165, 1.54) is 0 Å². The summed E-state index contributed by atoms with van der Waals surface area (Å²) in [5.41, 5.74) is 2.68. The summed E-state index contributed by atoms with van der Waals surface area (Å²) in [6.45, 7) is 0. The molecule has 9 aromatic rings. The highest BCUT2D eigenvalue weighted by atomic mass is 16.3. The first-order valence-electron chi connectivity index (χ1n) is 19.4. The molecule has 0 bridgehead atoms. The van der Waals surface area contributed by atoms with Crippen molar-refractivity contribution in [2.75, 3.05) is 4.90 Å². The van der Waals surface area contributed by atoms with Gasteiger partial charge in [0.2, 0.25) is 0 Å². The molecule has 1 aromatic heterocycles. The number of furan rings is 1. The smallest absolute Gasteiger partial charge is 0.143 e. The Morgan fingerprint density at radius 1 is 0.312 bits per heavy atom. The van der Waals surface area contributed by atoms with E-state index >= 15 is 0 Å². The fourth-order valence-corrected chi connectivity index (χ4v) is 8.77. The normalized spacial score (nSPS) is 11.6. The van der Waals surface area contributed by atoms with Gasteiger partial charge in [-0.2, -0.15) is 0 Å². The Morgan fingerprint density at radius 2 is 0.734 bits per heavy atom. The van der Waals surface area contributed by atoms with Gasteiger partial charge in [-0.25, -0.2) is 0 Å². The number of anilines is 3. The van der Waals surface area contributed by atoms with Crippen LogP contribution in [0.25, 0.3) is 65.7 Å². The maximum Gasteiger partial charge on any atom is 0.143 e. The van der Waals surface area contributed by atoms with Crippen LogP contribution in [0, 0.1) is 0 Å². The van der Waals surface area contributed by atoms with Gasteiger partial charge in [-0.3, -0.25) is 0 Å². The van der Waals surface area contributed by atoms with Gasteiger partial charge in [-0.15, -0.1) is 38.2 Å². The molecule has 0 spiro atoms. The molecule has 20 heteroatoms. The summed E-state index contributed by atoms with van der Waals surface area (Å²) < 4.78 is 6.33. The quantitative estimate of drug-likeness (QED) is 0.128. The average Bonchev–Trinajstić information content (AvgIpc) is 3.68. The number of rotatable bonds is 5. The van der Waals surface area contributed by atoms with E-state index in [0.717, 1.165) is 27.5 Å². The standard InChI is InChI=1S/C44H11B18NO/c45-24-20(18-19(26(47)32(53)31(52)25(18)46)21-22(24)28(49)34(55)33(54)27(21)48)23-29(50)38(59)42(39(60)30(23)51)63(43-40(61)36(57)35(56)37(58)41(43)62)13-10-8-12(9-11-13)14-5-3-6-16-15-4-1-2-7-17(15)64-44(14)16/h1-11H. The molecular weight excluding hydrogens is 753 g/mol. The minimum atomic E-state index is -0.135. The molecule has 1 heterocycles. The molecular formula is C44H11B18NO. The van der Waals surface area contributed by atoms with Gasteiger partial charge in [-0.05, 0) is 56.4 Å². The van der Waals surface area contributed by atoms with Crippen molar-refractivity contribution < 1.29 is 4.42 Å². The predicted molar refractivity (Wildman–Crippen MR) is 291 cm³/mol. The third-order valence-electron chi connectivity index (χ3n) is 12.2. The summed E-state index contributed by atoms with van der Waals surface area (Å²) in [5.74, 6) is 0. The highest BCUT2D eigenvalue weighted by Gasteiger charge is 2.28. The molecule has 2 nitrogen and oxygen atoms in total. The first-order chi connectivity index (χ1) is 30.3. The van der Waals surface area contributed by atoms with E-state index in [9.17, 15) is 0 Å². The molecule has 9 rings (SSSR count). The third-order valence-corrected chi connectivity index (χ3v) is 12.2. The zero-order chi connectivity index (χ0) is 46.1. The van der Waals surface area contributed by atoms with Crippen LogP contribution in [0.4, 0.5) is 17.1 Å². The molecule has 0 aliphatic rings. The fraction of sp³-hybridized carbons (Fsp3) is 0. The van der Waals surface area contributed by atoms with Crippen LogP contribution in [0.3, 0.4) is 0 Å². The van der Waals surface area contributed by atoms with Crippen molar-refractivity contribution in [3.63, 3.8) is 0 Å². The van der Waals surface area contributed by atoms with Gasteiger partial charge in [0.05, 0.1) is 0 Å². The monoisotopic (exact) mass is 767 g/mol. The van der Waals surface area contributed by atoms with Crippen molar-refractivity contribution in [1.82, 2.24) is 0 Å². The van der Waals surface area contributed by atoms with Crippen LogP contribution in [0.15, 0.2) is 71.1 Å². The predicted octanol–water partition coefficient (Wildman–Crippen LogP) is -9.02. The van der Waals surface area contributed by atoms with Crippen molar-refractivity contribution in [2.24, 2.45) is 0 Å². The van der Waals surface area contributed by atoms with Crippen LogP contribution < -0.4 is 103 Å². The van der Waals surface area contributed by atoms with Gasteiger partial charge < -0.3 is 9.32 Å². The Bertz CT molecular complexity index is 3490. The number of benzene rings is 8. The fourth-order valence-electron chi connectivity index (χ4n) is 8.77. The molecule has 0 unspecified atom stereocenters. The molecule has 64 heavy (non-hydrogen) atoms. The summed E-state index contributed by atoms with van der Waals surface area (Å²) in [6, 6.07) is 21.0. The second-order valence-corrected chi connectivity index (χ2v) is 15.6. The minimum Gasteiger partial charge on any atom is -0.455 e. The largest absolute Gasteiger partial charge is 0.455 e. The van der Waals surface area contributed by atoms with Gasteiger partial charge in [0.25, 0.3) is 0 Å². The first kappa shape index (κ1) is 44.3. The molecule has 252 valence electrons. The van der Waals surface area contributed by atoms with Crippen molar-refractivity contribution in [3.8, 4) is 22.3 Å². The average molecular weight is 764 g/mol. The molecule has 0 aliphatic carbocycles. The number of hydrogen-bond acceptors (Lipinski definition) is 2. The van der Waals surface area contributed by atoms with Gasteiger partial charge >= 0.3 is 0 Å². The van der Waals surface area contributed by atoms with Crippen LogP contribution in [0.1, 0.15) is 0 Å². The van der Waals surface area contributed by atoms with Crippen molar-refractivity contribution in [3.05, 3.63) is 66.7 Å². The second-order valence-electron chi connectivity index (χ2n) is 15.6. The van der Waals surface area contributed by atoms with Crippen LogP contribution in [0.5, 0.6) is 0 Å². The number of nitrogens with zero attached hydrogens (tertiary/aromatic N) is 1. The number of hydrogen-bond donors (Lipinski definition) is 0. The van der Waals surface area contributed by atoms with Gasteiger partial charge in [-0.1, -0.05) is 109 Å². The summed E-state index contributed by atoms with van der Waals surface area (Å²) >= 11 is 0. The molecule has 8 aromatic carbocycles. The second kappa shape index (κ2) is 15.9. The highest BCUT2D eigenvalue weighted by Crippen LogP contribution is 2.38. The summed E-state index contributed by atoms with van der Waals surface area (Å²) in [4.78, 5) is 1.54. The number of para-hydroxylation sites is 2. The lowest BCUT2D eigenvalue weighted by Crippen LogP contribution is -2.57. The van der Waals surface area contributed by atoms with Crippen LogP contribution in [-0.2, 0) is 0 Å². The molecule has 36 radical (unpaired) electrons. The Balaban J connectivity index is 1.35. The molecule has 0 fully saturated rings. The Morgan fingerprint density at radius 3 is 1.28 bits per heavy atom. The summed E-state index contributed by atoms with van der Waals surface area (Å²) in [7, 11) is 120. The van der Waals surface area contributed by atoms with Crippen LogP contribution in [0.2, 0.25) is 0 Å². The molecule has 0 amide bonds. The van der Waals surface area contributed by atoms with Crippen molar-refractivity contribution in [2.45, 2.75) is 0 Å². The lowest BCUT2D eigenvalue weighted by Gasteiger charge is -2.37. The topological polar surface area (TPSA) is 16.4 Å². The van der Waals surface area contributed by atoms with Gasteiger partial charge in [0.15, 0.2) is 0 Å². The Kier molecular flexibility index (Phi) is 11.0. The maximum atomic E-state index is 7.11. The van der Waals surface area contributed by atoms with E-state index in [4.69, 9.17) is 146 Å². The van der Waals surface area contributed by atoms with E-state index in [2.05, 4.69) is 0 Å². The maximum absolute atomic E-state index is 7.11. The van der Waals surface area contributed by atoms with Crippen molar-refractivity contribution in [1.29, 1.82) is 0 Å². The lowest BCUT2D eigenvalue weighted by atomic mass is 9.56. The van der Waals surface area contributed by atoms with E-state index < -0.39 is 0 Å². The third kappa shape index (κ3) is 6.20. The van der Waals surface area contributed by atoms with E-state index in [-0.39, 0.29) is 142 Å². The van der Waals surface area contributed by atoms with Gasteiger partial charge in [0.1, 0.15) is 152 Å².